The zero-order chi connectivity index (χ0) is 17.6. The van der Waals surface area contributed by atoms with Gasteiger partial charge in [0.2, 0.25) is 5.91 Å². The van der Waals surface area contributed by atoms with Crippen LogP contribution in [0, 0.1) is 13.8 Å². The molecule has 1 aliphatic rings. The third-order valence-corrected chi connectivity index (χ3v) is 5.06. The molecule has 1 aromatic carbocycles. The van der Waals surface area contributed by atoms with E-state index in [1.807, 2.05) is 30.3 Å². The maximum Gasteiger partial charge on any atom is 0.244 e. The van der Waals surface area contributed by atoms with Crippen molar-refractivity contribution in [1.82, 2.24) is 9.99 Å². The van der Waals surface area contributed by atoms with Crippen molar-refractivity contribution in [2.24, 2.45) is 5.10 Å². The molecule has 4 nitrogen and oxygen atoms in total. The molecule has 1 saturated carbocycles. The van der Waals surface area contributed by atoms with Crippen LogP contribution in [0.3, 0.4) is 0 Å². The summed E-state index contributed by atoms with van der Waals surface area (Å²) in [6, 6.07) is 12.5. The molecule has 0 unspecified atom stereocenters. The monoisotopic (exact) mass is 337 g/mol. The van der Waals surface area contributed by atoms with E-state index < -0.39 is 0 Å². The molecule has 1 N–H and O–H groups in total. The Morgan fingerprint density at radius 1 is 1.20 bits per heavy atom. The minimum atomic E-state index is -0.0939. The molecule has 25 heavy (non-hydrogen) atoms. The van der Waals surface area contributed by atoms with E-state index in [9.17, 15) is 4.79 Å². The van der Waals surface area contributed by atoms with Crippen molar-refractivity contribution in [3.63, 3.8) is 0 Å². The van der Waals surface area contributed by atoms with Crippen LogP contribution in [0.25, 0.3) is 0 Å². The summed E-state index contributed by atoms with van der Waals surface area (Å²) >= 11 is 0. The van der Waals surface area contributed by atoms with Gasteiger partial charge in [0.25, 0.3) is 0 Å². The van der Waals surface area contributed by atoms with Crippen LogP contribution in [-0.4, -0.2) is 16.7 Å². The number of carbonyl (C=O) groups excluding carboxylic acids is 1. The second-order valence-electron chi connectivity index (χ2n) is 6.94. The Kier molecular flexibility index (Phi) is 5.69. The van der Waals surface area contributed by atoms with Crippen LogP contribution in [0.5, 0.6) is 0 Å². The smallest absolute Gasteiger partial charge is 0.244 e. The zero-order valence-corrected chi connectivity index (χ0v) is 15.2. The van der Waals surface area contributed by atoms with Gasteiger partial charge >= 0.3 is 0 Å². The molecule has 0 aliphatic heterocycles. The van der Waals surface area contributed by atoms with E-state index in [1.54, 1.807) is 6.21 Å². The van der Waals surface area contributed by atoms with E-state index in [0.717, 1.165) is 11.1 Å². The number of carbonyl (C=O) groups is 1. The largest absolute Gasteiger partial charge is 0.345 e. The molecular formula is C21H27N3O. The van der Waals surface area contributed by atoms with E-state index in [2.05, 4.69) is 35.0 Å². The molecule has 0 bridgehead atoms. The molecule has 1 aromatic heterocycles. The highest BCUT2D eigenvalue weighted by molar-refractivity contribution is 5.84. The number of nitrogens with zero attached hydrogens (tertiary/aromatic N) is 2. The molecule has 2 aromatic rings. The fraction of sp³-hybridized carbons (Fsp3) is 0.429. The molecule has 0 spiro atoms. The van der Waals surface area contributed by atoms with E-state index in [4.69, 9.17) is 0 Å². The lowest BCUT2D eigenvalue weighted by molar-refractivity contribution is -0.120. The molecule has 0 atom stereocenters. The number of aromatic nitrogens is 1. The average Bonchev–Trinajstić information content (AvgIpc) is 2.90. The predicted octanol–water partition coefficient (Wildman–Crippen LogP) is 4.30. The Morgan fingerprint density at radius 3 is 2.64 bits per heavy atom. The standard InChI is InChI=1S/C21H27N3O/c1-16-13-19(17(2)24(16)20-11-7-4-8-12-20)15-22-23-21(25)14-18-9-5-3-6-10-18/h3,5-6,9-10,13,15,20H,4,7-8,11-12,14H2,1-2H3,(H,23,25)/b22-15-. The number of amides is 1. The summed E-state index contributed by atoms with van der Waals surface area (Å²) in [5, 5.41) is 4.16. The number of benzene rings is 1. The molecule has 1 heterocycles. The summed E-state index contributed by atoms with van der Waals surface area (Å²) in [4.78, 5) is 12.0. The first kappa shape index (κ1) is 17.5. The first-order valence-electron chi connectivity index (χ1n) is 9.19. The topological polar surface area (TPSA) is 46.4 Å². The van der Waals surface area contributed by atoms with Gasteiger partial charge < -0.3 is 4.57 Å². The fourth-order valence-corrected chi connectivity index (χ4v) is 3.83. The van der Waals surface area contributed by atoms with Gasteiger partial charge in [-0.1, -0.05) is 49.6 Å². The Balaban J connectivity index is 1.62. The second-order valence-corrected chi connectivity index (χ2v) is 6.94. The number of rotatable bonds is 5. The van der Waals surface area contributed by atoms with Crippen LogP contribution in [0.4, 0.5) is 0 Å². The zero-order valence-electron chi connectivity index (χ0n) is 15.2. The molecule has 0 radical (unpaired) electrons. The maximum absolute atomic E-state index is 12.0. The van der Waals surface area contributed by atoms with Crippen LogP contribution in [0.2, 0.25) is 0 Å². The van der Waals surface area contributed by atoms with E-state index in [-0.39, 0.29) is 5.91 Å². The lowest BCUT2D eigenvalue weighted by atomic mass is 9.95. The van der Waals surface area contributed by atoms with Gasteiger partial charge in [0, 0.05) is 23.0 Å². The van der Waals surface area contributed by atoms with Crippen molar-refractivity contribution in [2.45, 2.75) is 58.4 Å². The summed E-state index contributed by atoms with van der Waals surface area (Å²) in [6.07, 6.45) is 8.64. The number of hydrogen-bond acceptors (Lipinski definition) is 2. The Bertz CT molecular complexity index is 740. The Morgan fingerprint density at radius 2 is 1.92 bits per heavy atom. The van der Waals surface area contributed by atoms with Crippen molar-refractivity contribution in [3.8, 4) is 0 Å². The SMILES string of the molecule is Cc1cc(/C=N\NC(=O)Cc2ccccc2)c(C)n1C1CCCCC1. The fourth-order valence-electron chi connectivity index (χ4n) is 3.83. The molecule has 4 heteroatoms. The molecule has 3 rings (SSSR count). The van der Waals surface area contributed by atoms with Crippen LogP contribution in [0.1, 0.15) is 60.7 Å². The van der Waals surface area contributed by atoms with Gasteiger partial charge in [-0.05, 0) is 38.3 Å². The molecule has 0 saturated heterocycles. The van der Waals surface area contributed by atoms with E-state index >= 15 is 0 Å². The van der Waals surface area contributed by atoms with Crippen molar-refractivity contribution in [3.05, 3.63) is 58.9 Å². The predicted molar refractivity (Wildman–Crippen MR) is 102 cm³/mol. The van der Waals surface area contributed by atoms with Gasteiger partial charge in [-0.15, -0.1) is 0 Å². The number of aryl methyl sites for hydroxylation is 1. The lowest BCUT2D eigenvalue weighted by Gasteiger charge is -2.26. The first-order valence-corrected chi connectivity index (χ1v) is 9.19. The summed E-state index contributed by atoms with van der Waals surface area (Å²) in [5.41, 5.74) is 7.23. The highest BCUT2D eigenvalue weighted by Gasteiger charge is 2.19. The van der Waals surface area contributed by atoms with Crippen molar-refractivity contribution >= 4 is 12.1 Å². The van der Waals surface area contributed by atoms with Gasteiger partial charge in [0.15, 0.2) is 0 Å². The van der Waals surface area contributed by atoms with E-state index in [0.29, 0.717) is 12.5 Å². The third-order valence-electron chi connectivity index (χ3n) is 5.06. The van der Waals surface area contributed by atoms with Crippen LogP contribution in [0.15, 0.2) is 41.5 Å². The van der Waals surface area contributed by atoms with Crippen molar-refractivity contribution in [1.29, 1.82) is 0 Å². The van der Waals surface area contributed by atoms with Gasteiger partial charge in [-0.25, -0.2) is 5.43 Å². The minimum Gasteiger partial charge on any atom is -0.345 e. The molecule has 1 aliphatic carbocycles. The van der Waals surface area contributed by atoms with Crippen LogP contribution >= 0.6 is 0 Å². The molecule has 132 valence electrons. The second kappa shape index (κ2) is 8.15. The summed E-state index contributed by atoms with van der Waals surface area (Å²) in [5.74, 6) is -0.0939. The van der Waals surface area contributed by atoms with Gasteiger partial charge in [0.1, 0.15) is 0 Å². The summed E-state index contributed by atoms with van der Waals surface area (Å²) in [7, 11) is 0. The molecule has 1 fully saturated rings. The summed E-state index contributed by atoms with van der Waals surface area (Å²) in [6.45, 7) is 4.31. The minimum absolute atomic E-state index is 0.0939. The van der Waals surface area contributed by atoms with Crippen LogP contribution in [-0.2, 0) is 11.2 Å². The maximum atomic E-state index is 12.0. The number of hydrazone groups is 1. The van der Waals surface area contributed by atoms with Crippen molar-refractivity contribution in [2.75, 3.05) is 0 Å². The molecular weight excluding hydrogens is 310 g/mol. The highest BCUT2D eigenvalue weighted by atomic mass is 16.2. The molecule has 1 amide bonds. The summed E-state index contributed by atoms with van der Waals surface area (Å²) < 4.78 is 2.45. The van der Waals surface area contributed by atoms with Gasteiger partial charge in [-0.2, -0.15) is 5.10 Å². The highest BCUT2D eigenvalue weighted by Crippen LogP contribution is 2.31. The average molecular weight is 337 g/mol. The Labute approximate surface area is 149 Å². The van der Waals surface area contributed by atoms with Gasteiger partial charge in [-0.3, -0.25) is 4.79 Å². The number of hydrogen-bond donors (Lipinski definition) is 1. The van der Waals surface area contributed by atoms with E-state index in [1.165, 1.54) is 43.5 Å². The van der Waals surface area contributed by atoms with Gasteiger partial charge in [0.05, 0.1) is 12.6 Å². The quantitative estimate of drug-likeness (QED) is 0.641. The third kappa shape index (κ3) is 4.38. The lowest BCUT2D eigenvalue weighted by Crippen LogP contribution is -2.19. The first-order chi connectivity index (χ1) is 12.1. The van der Waals surface area contributed by atoms with Crippen molar-refractivity contribution < 1.29 is 4.79 Å². The van der Waals surface area contributed by atoms with Crippen LogP contribution < -0.4 is 5.43 Å². The number of nitrogens with one attached hydrogen (secondary N) is 1. The Hall–Kier alpha value is -2.36. The normalized spacial score (nSPS) is 15.6.